The number of anilines is 2. The van der Waals surface area contributed by atoms with Crippen molar-refractivity contribution in [2.45, 2.75) is 24.7 Å². The van der Waals surface area contributed by atoms with Crippen molar-refractivity contribution in [1.29, 1.82) is 0 Å². The van der Waals surface area contributed by atoms with Crippen LogP contribution in [0.15, 0.2) is 71.6 Å². The first-order valence-electron chi connectivity index (χ1n) is 10.8. The summed E-state index contributed by atoms with van der Waals surface area (Å²) in [5, 5.41) is 2.73. The van der Waals surface area contributed by atoms with E-state index in [2.05, 4.69) is 10.0 Å². The molecular weight excluding hydrogens is 474 g/mol. The first-order valence-corrected chi connectivity index (χ1v) is 12.7. The maximum absolute atomic E-state index is 13.0. The number of carbonyl (C=O) groups excluding carboxylic acids is 2. The molecular formula is C25H24ClN3O4S. The van der Waals surface area contributed by atoms with Gasteiger partial charge >= 0.3 is 0 Å². The molecule has 0 spiro atoms. The van der Waals surface area contributed by atoms with Crippen molar-refractivity contribution < 1.29 is 18.0 Å². The summed E-state index contributed by atoms with van der Waals surface area (Å²) < 4.78 is 28.4. The highest BCUT2D eigenvalue weighted by Crippen LogP contribution is 2.26. The lowest BCUT2D eigenvalue weighted by Crippen LogP contribution is -2.28. The molecule has 0 aliphatic carbocycles. The monoisotopic (exact) mass is 497 g/mol. The number of aryl methyl sites for hydroxylation is 1. The van der Waals surface area contributed by atoms with Gasteiger partial charge in [0.15, 0.2) is 0 Å². The predicted molar refractivity (Wildman–Crippen MR) is 133 cm³/mol. The molecule has 0 aromatic heterocycles. The molecule has 3 aromatic rings. The molecule has 34 heavy (non-hydrogen) atoms. The average molecular weight is 498 g/mol. The van der Waals surface area contributed by atoms with E-state index in [1.807, 2.05) is 6.92 Å². The Labute approximate surface area is 203 Å². The van der Waals surface area contributed by atoms with Crippen LogP contribution in [0.1, 0.15) is 39.1 Å². The highest BCUT2D eigenvalue weighted by Gasteiger charge is 2.24. The minimum atomic E-state index is -4.04. The van der Waals surface area contributed by atoms with E-state index in [-0.39, 0.29) is 21.4 Å². The summed E-state index contributed by atoms with van der Waals surface area (Å²) in [5.41, 5.74) is 2.22. The van der Waals surface area contributed by atoms with E-state index in [0.29, 0.717) is 30.0 Å². The Morgan fingerprint density at radius 3 is 2.32 bits per heavy atom. The summed E-state index contributed by atoms with van der Waals surface area (Å²) in [6, 6.07) is 17.6. The van der Waals surface area contributed by atoms with Gasteiger partial charge in [-0.15, -0.1) is 0 Å². The smallest absolute Gasteiger partial charge is 0.263 e. The van der Waals surface area contributed by atoms with Crippen molar-refractivity contribution in [2.75, 3.05) is 23.1 Å². The van der Waals surface area contributed by atoms with Crippen molar-refractivity contribution in [1.82, 2.24) is 4.90 Å². The summed E-state index contributed by atoms with van der Waals surface area (Å²) in [4.78, 5) is 27.4. The van der Waals surface area contributed by atoms with Gasteiger partial charge in [0, 0.05) is 24.3 Å². The lowest BCUT2D eigenvalue weighted by atomic mass is 10.1. The molecule has 1 heterocycles. The van der Waals surface area contributed by atoms with Gasteiger partial charge in [-0.2, -0.15) is 0 Å². The highest BCUT2D eigenvalue weighted by atomic mass is 35.5. The Kier molecular flexibility index (Phi) is 6.90. The number of nitrogens with zero attached hydrogens (tertiary/aromatic N) is 1. The molecule has 1 fully saturated rings. The quantitative estimate of drug-likeness (QED) is 0.504. The Balaban J connectivity index is 1.58. The van der Waals surface area contributed by atoms with Crippen molar-refractivity contribution in [3.63, 3.8) is 0 Å². The van der Waals surface area contributed by atoms with Crippen molar-refractivity contribution in [2.24, 2.45) is 0 Å². The summed E-state index contributed by atoms with van der Waals surface area (Å²) in [6.45, 7) is 3.27. The van der Waals surface area contributed by atoms with Crippen LogP contribution in [0.5, 0.6) is 0 Å². The molecule has 2 N–H and O–H groups in total. The Morgan fingerprint density at radius 2 is 1.62 bits per heavy atom. The number of nitrogens with one attached hydrogen (secondary N) is 2. The second-order valence-corrected chi connectivity index (χ2v) is 10.2. The predicted octanol–water partition coefficient (Wildman–Crippen LogP) is 4.94. The maximum atomic E-state index is 13.0. The summed E-state index contributed by atoms with van der Waals surface area (Å²) in [5.74, 6) is -0.694. The second-order valence-electron chi connectivity index (χ2n) is 8.12. The fourth-order valence-corrected chi connectivity index (χ4v) is 5.33. The van der Waals surface area contributed by atoms with E-state index in [1.165, 1.54) is 18.2 Å². The summed E-state index contributed by atoms with van der Waals surface area (Å²) in [7, 11) is -4.04. The van der Waals surface area contributed by atoms with Gasteiger partial charge in [-0.25, -0.2) is 8.42 Å². The topological polar surface area (TPSA) is 95.6 Å². The molecule has 1 aliphatic rings. The van der Waals surface area contributed by atoms with Gasteiger partial charge in [0.25, 0.3) is 21.8 Å². The molecule has 0 bridgehead atoms. The van der Waals surface area contributed by atoms with Crippen LogP contribution < -0.4 is 10.0 Å². The number of rotatable bonds is 6. The highest BCUT2D eigenvalue weighted by molar-refractivity contribution is 7.92. The number of amides is 2. The van der Waals surface area contributed by atoms with Crippen molar-refractivity contribution >= 4 is 44.8 Å². The van der Waals surface area contributed by atoms with E-state index < -0.39 is 15.9 Å². The number of likely N-dealkylation sites (tertiary alicyclic amines) is 1. The molecule has 176 valence electrons. The van der Waals surface area contributed by atoms with Gasteiger partial charge in [0.05, 0.1) is 16.3 Å². The zero-order chi connectivity index (χ0) is 24.3. The zero-order valence-electron chi connectivity index (χ0n) is 18.5. The Hall–Kier alpha value is -3.36. The second kappa shape index (κ2) is 9.87. The van der Waals surface area contributed by atoms with Gasteiger partial charge in [0.1, 0.15) is 4.90 Å². The molecule has 0 saturated carbocycles. The van der Waals surface area contributed by atoms with Gasteiger partial charge in [-0.1, -0.05) is 41.4 Å². The average Bonchev–Trinajstić information content (AvgIpc) is 3.35. The Bertz CT molecular complexity index is 1330. The Morgan fingerprint density at radius 1 is 0.941 bits per heavy atom. The number of benzene rings is 3. The van der Waals surface area contributed by atoms with Crippen molar-refractivity contribution in [3.8, 4) is 0 Å². The molecule has 0 atom stereocenters. The number of para-hydroxylation sites is 1. The molecule has 1 saturated heterocycles. The largest absolute Gasteiger partial charge is 0.339 e. The van der Waals surface area contributed by atoms with Crippen LogP contribution in [0.2, 0.25) is 5.02 Å². The standard InChI is InChI=1S/C25H24ClN3O4S/c1-17-8-11-19(12-9-17)28-34(32,33)23-16-18(10-13-21(23)26)24(30)27-22-7-3-2-6-20(22)25(31)29-14-4-5-15-29/h2-3,6-13,16,28H,4-5,14-15H2,1H3,(H,27,30). The third-order valence-electron chi connectivity index (χ3n) is 5.59. The van der Waals surface area contributed by atoms with E-state index >= 15 is 0 Å². The summed E-state index contributed by atoms with van der Waals surface area (Å²) in [6.07, 6.45) is 1.91. The van der Waals surface area contributed by atoms with Crippen LogP contribution in [-0.4, -0.2) is 38.2 Å². The van der Waals surface area contributed by atoms with Crippen LogP contribution in [-0.2, 0) is 10.0 Å². The molecule has 1 aliphatic heterocycles. The van der Waals surface area contributed by atoms with Gasteiger partial charge < -0.3 is 10.2 Å². The zero-order valence-corrected chi connectivity index (χ0v) is 20.1. The normalized spacial score (nSPS) is 13.5. The fraction of sp³-hybridized carbons (Fsp3) is 0.200. The number of carbonyl (C=O) groups is 2. The minimum absolute atomic E-state index is 0.0132. The van der Waals surface area contributed by atoms with Gasteiger partial charge in [-0.05, 0) is 62.2 Å². The molecule has 4 rings (SSSR count). The third kappa shape index (κ3) is 5.24. The third-order valence-corrected chi connectivity index (χ3v) is 7.45. The maximum Gasteiger partial charge on any atom is 0.263 e. The van der Waals surface area contributed by atoms with Crippen LogP contribution >= 0.6 is 11.6 Å². The van der Waals surface area contributed by atoms with Crippen LogP contribution in [0.4, 0.5) is 11.4 Å². The molecule has 3 aromatic carbocycles. The van der Waals surface area contributed by atoms with E-state index in [4.69, 9.17) is 11.6 Å². The molecule has 9 heteroatoms. The number of hydrogen-bond acceptors (Lipinski definition) is 4. The minimum Gasteiger partial charge on any atom is -0.339 e. The molecule has 0 radical (unpaired) electrons. The lowest BCUT2D eigenvalue weighted by Gasteiger charge is -2.18. The lowest BCUT2D eigenvalue weighted by molar-refractivity contribution is 0.0794. The van der Waals surface area contributed by atoms with E-state index in [0.717, 1.165) is 18.4 Å². The van der Waals surface area contributed by atoms with Crippen LogP contribution in [0.3, 0.4) is 0 Å². The van der Waals surface area contributed by atoms with E-state index in [1.54, 1.807) is 53.4 Å². The van der Waals surface area contributed by atoms with Crippen molar-refractivity contribution in [3.05, 3.63) is 88.4 Å². The van der Waals surface area contributed by atoms with Gasteiger partial charge in [-0.3, -0.25) is 14.3 Å². The molecule has 0 unspecified atom stereocenters. The van der Waals surface area contributed by atoms with Gasteiger partial charge in [0.2, 0.25) is 0 Å². The first-order chi connectivity index (χ1) is 16.2. The summed E-state index contributed by atoms with van der Waals surface area (Å²) >= 11 is 6.18. The van der Waals surface area contributed by atoms with Crippen LogP contribution in [0.25, 0.3) is 0 Å². The van der Waals surface area contributed by atoms with E-state index in [9.17, 15) is 18.0 Å². The SMILES string of the molecule is Cc1ccc(NS(=O)(=O)c2cc(C(=O)Nc3ccccc3C(=O)N3CCCC3)ccc2Cl)cc1. The number of sulfonamides is 1. The fourth-order valence-electron chi connectivity index (χ4n) is 3.75. The molecule has 2 amide bonds. The molecule has 7 nitrogen and oxygen atoms in total. The number of hydrogen-bond donors (Lipinski definition) is 2. The number of halogens is 1. The first kappa shape index (κ1) is 23.8. The van der Waals surface area contributed by atoms with Crippen LogP contribution in [0, 0.1) is 6.92 Å².